The number of anilines is 1. The summed E-state index contributed by atoms with van der Waals surface area (Å²) in [5.41, 5.74) is 2.68. The summed E-state index contributed by atoms with van der Waals surface area (Å²) in [5, 5.41) is 6.99. The summed E-state index contributed by atoms with van der Waals surface area (Å²) in [7, 11) is 6.32. The van der Waals surface area contributed by atoms with Crippen molar-refractivity contribution in [1.29, 1.82) is 0 Å². The third-order valence-corrected chi connectivity index (χ3v) is 4.55. The minimum atomic E-state index is -0.992. The van der Waals surface area contributed by atoms with E-state index in [-0.39, 0.29) is 0 Å². The number of esters is 1. The lowest BCUT2D eigenvalue weighted by molar-refractivity contribution is -0.148. The third kappa shape index (κ3) is 5.11. The Hall–Kier alpha value is -3.49. The molecule has 1 aromatic heterocycles. The molecule has 2 rings (SSSR count). The van der Waals surface area contributed by atoms with Gasteiger partial charge in [-0.25, -0.2) is 4.79 Å². The number of benzene rings is 1. The van der Waals surface area contributed by atoms with E-state index in [0.29, 0.717) is 34.2 Å². The van der Waals surface area contributed by atoms with Crippen molar-refractivity contribution in [2.45, 2.75) is 26.9 Å². The minimum Gasteiger partial charge on any atom is -0.496 e. The summed E-state index contributed by atoms with van der Waals surface area (Å²) in [4.78, 5) is 24.6. The second-order valence-electron chi connectivity index (χ2n) is 6.52. The average Bonchev–Trinajstić information content (AvgIpc) is 2.97. The van der Waals surface area contributed by atoms with Crippen LogP contribution in [-0.2, 0) is 21.4 Å². The molecule has 9 nitrogen and oxygen atoms in total. The van der Waals surface area contributed by atoms with Crippen molar-refractivity contribution < 1.29 is 28.5 Å². The molecule has 0 spiro atoms. The van der Waals surface area contributed by atoms with Crippen molar-refractivity contribution >= 4 is 23.6 Å². The highest BCUT2D eigenvalue weighted by atomic mass is 16.5. The van der Waals surface area contributed by atoms with Gasteiger partial charge in [-0.05, 0) is 32.9 Å². The zero-order chi connectivity index (χ0) is 22.4. The quantitative estimate of drug-likeness (QED) is 0.520. The molecule has 0 fully saturated rings. The molecule has 0 saturated carbocycles. The number of hydrogen-bond acceptors (Lipinski definition) is 7. The van der Waals surface area contributed by atoms with E-state index >= 15 is 0 Å². The van der Waals surface area contributed by atoms with Crippen LogP contribution in [0.3, 0.4) is 0 Å². The number of hydrogen-bond donors (Lipinski definition) is 1. The van der Waals surface area contributed by atoms with Gasteiger partial charge in [0, 0.05) is 24.8 Å². The summed E-state index contributed by atoms with van der Waals surface area (Å²) in [6.07, 6.45) is 1.74. The molecule has 30 heavy (non-hydrogen) atoms. The maximum absolute atomic E-state index is 12.4. The van der Waals surface area contributed by atoms with Crippen LogP contribution in [0.1, 0.15) is 23.9 Å². The van der Waals surface area contributed by atoms with Gasteiger partial charge in [0.05, 0.1) is 38.4 Å². The molecule has 0 aliphatic heterocycles. The first-order chi connectivity index (χ1) is 14.2. The third-order valence-electron chi connectivity index (χ3n) is 4.55. The molecule has 162 valence electrons. The lowest BCUT2D eigenvalue weighted by atomic mass is 10.1. The molecule has 0 bridgehead atoms. The van der Waals surface area contributed by atoms with E-state index < -0.39 is 18.0 Å². The van der Waals surface area contributed by atoms with Gasteiger partial charge in [-0.3, -0.25) is 9.48 Å². The fraction of sp³-hybridized carbons (Fsp3) is 0.381. The van der Waals surface area contributed by atoms with Crippen molar-refractivity contribution in [3.63, 3.8) is 0 Å². The van der Waals surface area contributed by atoms with Gasteiger partial charge in [-0.2, -0.15) is 5.10 Å². The zero-order valence-electron chi connectivity index (χ0n) is 18.2. The number of aryl methyl sites for hydroxylation is 2. The van der Waals surface area contributed by atoms with E-state index in [9.17, 15) is 9.59 Å². The number of aromatic nitrogens is 2. The summed E-state index contributed by atoms with van der Waals surface area (Å²) < 4.78 is 22.7. The Morgan fingerprint density at radius 2 is 1.67 bits per heavy atom. The largest absolute Gasteiger partial charge is 0.496 e. The number of rotatable bonds is 8. The van der Waals surface area contributed by atoms with Crippen molar-refractivity contribution in [2.75, 3.05) is 26.6 Å². The Morgan fingerprint density at radius 3 is 2.20 bits per heavy atom. The van der Waals surface area contributed by atoms with E-state index in [1.165, 1.54) is 40.4 Å². The Morgan fingerprint density at radius 1 is 1.07 bits per heavy atom. The summed E-state index contributed by atoms with van der Waals surface area (Å²) >= 11 is 0. The Labute approximate surface area is 175 Å². The molecule has 1 N–H and O–H groups in total. The molecular formula is C21H27N3O6. The predicted octanol–water partition coefficient (Wildman–Crippen LogP) is 2.65. The fourth-order valence-electron chi connectivity index (χ4n) is 2.79. The molecule has 1 amide bonds. The highest BCUT2D eigenvalue weighted by molar-refractivity contribution is 5.97. The molecule has 1 heterocycles. The highest BCUT2D eigenvalue weighted by Crippen LogP contribution is 2.35. The van der Waals surface area contributed by atoms with Gasteiger partial charge in [-0.15, -0.1) is 0 Å². The Kier molecular flexibility index (Phi) is 7.46. The van der Waals surface area contributed by atoms with E-state index in [4.69, 9.17) is 18.9 Å². The summed E-state index contributed by atoms with van der Waals surface area (Å²) in [6, 6.07) is 3.32. The van der Waals surface area contributed by atoms with E-state index in [1.807, 2.05) is 6.92 Å². The van der Waals surface area contributed by atoms with Gasteiger partial charge in [0.25, 0.3) is 5.91 Å². The standard InChI is InChI=1S/C21H27N3O6/c1-12-20(13(2)24(4)23-12)22-21(26)14(3)30-19(25)9-8-15-10-17(28-6)18(29-7)11-16(15)27-5/h8-11,14H,1-7H3,(H,22,26)/b9-8+/t14-/m1/s1. The van der Waals surface area contributed by atoms with Crippen molar-refractivity contribution in [3.05, 3.63) is 35.2 Å². The first kappa shape index (κ1) is 22.8. The van der Waals surface area contributed by atoms with Crippen LogP contribution in [0.2, 0.25) is 0 Å². The van der Waals surface area contributed by atoms with Gasteiger partial charge >= 0.3 is 5.97 Å². The second kappa shape index (κ2) is 9.82. The number of carbonyl (C=O) groups excluding carboxylic acids is 2. The molecule has 9 heteroatoms. The van der Waals surface area contributed by atoms with E-state index in [1.54, 1.807) is 30.8 Å². The number of nitrogens with one attached hydrogen (secondary N) is 1. The molecule has 0 unspecified atom stereocenters. The number of amides is 1. The van der Waals surface area contributed by atoms with Crippen LogP contribution in [0.25, 0.3) is 6.08 Å². The molecule has 0 saturated heterocycles. The predicted molar refractivity (Wildman–Crippen MR) is 112 cm³/mol. The van der Waals surface area contributed by atoms with E-state index in [0.717, 1.165) is 5.69 Å². The van der Waals surface area contributed by atoms with Crippen LogP contribution in [0, 0.1) is 13.8 Å². The zero-order valence-corrected chi connectivity index (χ0v) is 18.2. The minimum absolute atomic E-state index is 0.445. The van der Waals surface area contributed by atoms with Crippen LogP contribution >= 0.6 is 0 Å². The van der Waals surface area contributed by atoms with Crippen LogP contribution < -0.4 is 19.5 Å². The fourth-order valence-corrected chi connectivity index (χ4v) is 2.79. The lowest BCUT2D eigenvalue weighted by Gasteiger charge is -2.13. The summed E-state index contributed by atoms with van der Waals surface area (Å²) in [6.45, 7) is 5.13. The van der Waals surface area contributed by atoms with Crippen molar-refractivity contribution in [1.82, 2.24) is 9.78 Å². The monoisotopic (exact) mass is 417 g/mol. The molecule has 1 aromatic carbocycles. The first-order valence-corrected chi connectivity index (χ1v) is 9.21. The van der Waals surface area contributed by atoms with Gasteiger partial charge in [0.15, 0.2) is 17.6 Å². The molecule has 1 atom stereocenters. The first-order valence-electron chi connectivity index (χ1n) is 9.21. The maximum Gasteiger partial charge on any atom is 0.331 e. The number of ether oxygens (including phenoxy) is 4. The SMILES string of the molecule is COc1cc(OC)c(OC)cc1/C=C/C(=O)O[C@H](C)C(=O)Nc1c(C)nn(C)c1C. The average molecular weight is 417 g/mol. The van der Waals surface area contributed by atoms with Gasteiger partial charge in [0.1, 0.15) is 5.75 Å². The summed E-state index contributed by atoms with van der Waals surface area (Å²) in [5.74, 6) is 0.361. The van der Waals surface area contributed by atoms with Crippen molar-refractivity contribution in [3.8, 4) is 17.2 Å². The van der Waals surface area contributed by atoms with Crippen molar-refractivity contribution in [2.24, 2.45) is 7.05 Å². The van der Waals surface area contributed by atoms with Gasteiger partial charge < -0.3 is 24.3 Å². The smallest absolute Gasteiger partial charge is 0.331 e. The molecule has 0 radical (unpaired) electrons. The maximum atomic E-state index is 12.4. The van der Waals surface area contributed by atoms with Crippen LogP contribution in [0.5, 0.6) is 17.2 Å². The Bertz CT molecular complexity index is 964. The normalized spacial score (nSPS) is 11.8. The molecule has 2 aromatic rings. The molecular weight excluding hydrogens is 390 g/mol. The van der Waals surface area contributed by atoms with Gasteiger partial charge in [-0.1, -0.05) is 0 Å². The topological polar surface area (TPSA) is 101 Å². The Balaban J connectivity index is 2.07. The number of nitrogens with zero attached hydrogens (tertiary/aromatic N) is 2. The number of carbonyl (C=O) groups is 2. The van der Waals surface area contributed by atoms with Crippen LogP contribution in [-0.4, -0.2) is 49.1 Å². The molecule has 0 aliphatic rings. The highest BCUT2D eigenvalue weighted by Gasteiger charge is 2.20. The van der Waals surface area contributed by atoms with E-state index in [2.05, 4.69) is 10.4 Å². The second-order valence-corrected chi connectivity index (χ2v) is 6.52. The van der Waals surface area contributed by atoms with Crippen LogP contribution in [0.4, 0.5) is 5.69 Å². The van der Waals surface area contributed by atoms with Crippen LogP contribution in [0.15, 0.2) is 18.2 Å². The lowest BCUT2D eigenvalue weighted by Crippen LogP contribution is -2.29. The number of methoxy groups -OCH3 is 3. The van der Waals surface area contributed by atoms with Gasteiger partial charge in [0.2, 0.25) is 0 Å². The molecule has 0 aliphatic carbocycles.